The van der Waals surface area contributed by atoms with Crippen molar-refractivity contribution in [2.75, 3.05) is 18.0 Å². The van der Waals surface area contributed by atoms with Gasteiger partial charge in [-0.25, -0.2) is 9.78 Å². The van der Waals surface area contributed by atoms with Crippen LogP contribution in [0.5, 0.6) is 0 Å². The molecule has 1 aliphatic rings. The van der Waals surface area contributed by atoms with Crippen LogP contribution in [0.15, 0.2) is 23.1 Å². The maximum atomic E-state index is 13.5. The molecule has 4 heterocycles. The minimum atomic E-state index is -1.46. The van der Waals surface area contributed by atoms with Crippen LogP contribution in [-0.4, -0.2) is 44.7 Å². The Morgan fingerprint density at radius 3 is 2.70 bits per heavy atom. The molecule has 0 amide bonds. The Kier molecular flexibility index (Phi) is 4.12. The summed E-state index contributed by atoms with van der Waals surface area (Å²) in [5.74, 6) is -2.23. The SMILES string of the molecule is NC1CCN(c2ccc3c(=O)c(C(=O)O)cn(-c4nc(F)c(F)s4)c3n2)C1. The summed E-state index contributed by atoms with van der Waals surface area (Å²) in [4.78, 5) is 33.7. The quantitative estimate of drug-likeness (QED) is 0.690. The lowest BCUT2D eigenvalue weighted by atomic mass is 10.2. The van der Waals surface area contributed by atoms with Crippen molar-refractivity contribution < 1.29 is 18.7 Å². The molecule has 1 saturated heterocycles. The van der Waals surface area contributed by atoms with E-state index in [0.29, 0.717) is 30.2 Å². The van der Waals surface area contributed by atoms with Gasteiger partial charge in [0, 0.05) is 25.3 Å². The van der Waals surface area contributed by atoms with E-state index in [4.69, 9.17) is 5.73 Å². The number of nitrogens with two attached hydrogens (primary N) is 1. The van der Waals surface area contributed by atoms with E-state index in [1.54, 1.807) is 6.07 Å². The minimum Gasteiger partial charge on any atom is -0.477 e. The Hall–Kier alpha value is -2.92. The van der Waals surface area contributed by atoms with Crippen molar-refractivity contribution in [2.24, 2.45) is 5.73 Å². The topological polar surface area (TPSA) is 114 Å². The second kappa shape index (κ2) is 6.35. The summed E-state index contributed by atoms with van der Waals surface area (Å²) in [5.41, 5.74) is 4.70. The molecule has 3 N–H and O–H groups in total. The summed E-state index contributed by atoms with van der Waals surface area (Å²) >= 11 is 0.389. The number of thiazole rings is 1. The third kappa shape index (κ3) is 2.94. The third-order valence-corrected chi connectivity index (χ3v) is 5.18. The van der Waals surface area contributed by atoms with E-state index in [-0.39, 0.29) is 22.2 Å². The summed E-state index contributed by atoms with van der Waals surface area (Å²) in [6.45, 7) is 1.26. The van der Waals surface area contributed by atoms with Crippen LogP contribution < -0.4 is 16.1 Å². The number of pyridine rings is 2. The highest BCUT2D eigenvalue weighted by molar-refractivity contribution is 7.12. The van der Waals surface area contributed by atoms with E-state index in [1.807, 2.05) is 4.90 Å². The number of nitrogens with zero attached hydrogens (tertiary/aromatic N) is 4. The first-order valence-corrected chi connectivity index (χ1v) is 8.79. The van der Waals surface area contributed by atoms with E-state index < -0.39 is 28.0 Å². The van der Waals surface area contributed by atoms with Crippen LogP contribution >= 0.6 is 11.3 Å². The summed E-state index contributed by atoms with van der Waals surface area (Å²) in [6.07, 6.45) is 1.77. The number of aromatic carboxylic acids is 1. The molecule has 3 aromatic heterocycles. The lowest BCUT2D eigenvalue weighted by Crippen LogP contribution is -2.27. The van der Waals surface area contributed by atoms with E-state index >= 15 is 0 Å². The van der Waals surface area contributed by atoms with Gasteiger partial charge in [0.1, 0.15) is 11.4 Å². The average molecular weight is 393 g/mol. The number of fused-ring (bicyclic) bond motifs is 1. The molecule has 3 aromatic rings. The molecule has 0 aliphatic carbocycles. The summed E-state index contributed by atoms with van der Waals surface area (Å²) in [6, 6.07) is 3.05. The number of aromatic nitrogens is 3. The second-order valence-corrected chi connectivity index (χ2v) is 7.07. The van der Waals surface area contributed by atoms with Crippen LogP contribution in [0.3, 0.4) is 0 Å². The maximum Gasteiger partial charge on any atom is 0.341 e. The van der Waals surface area contributed by atoms with Crippen LogP contribution in [0.4, 0.5) is 14.6 Å². The number of hydrogen-bond acceptors (Lipinski definition) is 7. The molecule has 8 nitrogen and oxygen atoms in total. The zero-order valence-electron chi connectivity index (χ0n) is 13.7. The highest BCUT2D eigenvalue weighted by Crippen LogP contribution is 2.25. The van der Waals surface area contributed by atoms with Crippen LogP contribution in [0.2, 0.25) is 0 Å². The molecule has 1 fully saturated rings. The molecule has 0 aromatic carbocycles. The van der Waals surface area contributed by atoms with Crippen LogP contribution in [-0.2, 0) is 0 Å². The molecule has 0 saturated carbocycles. The summed E-state index contributed by atoms with van der Waals surface area (Å²) in [5, 5.41) is 7.99. The monoisotopic (exact) mass is 393 g/mol. The van der Waals surface area contributed by atoms with Gasteiger partial charge < -0.3 is 15.7 Å². The van der Waals surface area contributed by atoms with Gasteiger partial charge in [0.15, 0.2) is 5.65 Å². The van der Waals surface area contributed by atoms with Gasteiger partial charge in [0.25, 0.3) is 5.95 Å². The summed E-state index contributed by atoms with van der Waals surface area (Å²) in [7, 11) is 0. The number of rotatable bonds is 3. The molecule has 4 rings (SSSR count). The number of carbonyl (C=O) groups is 1. The maximum absolute atomic E-state index is 13.5. The van der Waals surface area contributed by atoms with Crippen LogP contribution in [0, 0.1) is 11.1 Å². The Labute approximate surface area is 154 Å². The normalized spacial score (nSPS) is 17.0. The fourth-order valence-electron chi connectivity index (χ4n) is 3.04. The van der Waals surface area contributed by atoms with Gasteiger partial charge in [0.05, 0.1) is 5.39 Å². The van der Waals surface area contributed by atoms with Gasteiger partial charge in [-0.3, -0.25) is 9.36 Å². The number of hydrogen-bond donors (Lipinski definition) is 2. The number of carboxylic acids is 1. The molecule has 1 aliphatic heterocycles. The predicted molar refractivity (Wildman–Crippen MR) is 94.7 cm³/mol. The van der Waals surface area contributed by atoms with Gasteiger partial charge in [-0.2, -0.15) is 13.8 Å². The van der Waals surface area contributed by atoms with E-state index in [0.717, 1.165) is 17.2 Å². The molecule has 1 unspecified atom stereocenters. The highest BCUT2D eigenvalue weighted by atomic mass is 32.1. The third-order valence-electron chi connectivity index (χ3n) is 4.36. The van der Waals surface area contributed by atoms with Crippen molar-refractivity contribution in [3.05, 3.63) is 45.2 Å². The van der Waals surface area contributed by atoms with E-state index in [9.17, 15) is 23.5 Å². The minimum absolute atomic E-state index is 0.00114. The zero-order chi connectivity index (χ0) is 19.3. The van der Waals surface area contributed by atoms with Gasteiger partial charge in [-0.05, 0) is 18.6 Å². The lowest BCUT2D eigenvalue weighted by Gasteiger charge is -2.18. The van der Waals surface area contributed by atoms with Gasteiger partial charge in [-0.1, -0.05) is 11.3 Å². The van der Waals surface area contributed by atoms with Crippen LogP contribution in [0.1, 0.15) is 16.8 Å². The Balaban J connectivity index is 1.98. The largest absolute Gasteiger partial charge is 0.477 e. The lowest BCUT2D eigenvalue weighted by molar-refractivity contribution is 0.0695. The average Bonchev–Trinajstić information content (AvgIpc) is 3.20. The van der Waals surface area contributed by atoms with Crippen molar-refractivity contribution in [1.82, 2.24) is 14.5 Å². The highest BCUT2D eigenvalue weighted by Gasteiger charge is 2.23. The molecule has 1 atom stereocenters. The fourth-order valence-corrected chi connectivity index (χ4v) is 3.69. The zero-order valence-corrected chi connectivity index (χ0v) is 14.5. The molecule has 0 radical (unpaired) electrons. The second-order valence-electron chi connectivity index (χ2n) is 6.14. The fraction of sp³-hybridized carbons (Fsp3) is 0.250. The van der Waals surface area contributed by atoms with Crippen molar-refractivity contribution in [3.63, 3.8) is 0 Å². The molecule has 11 heteroatoms. The first-order valence-electron chi connectivity index (χ1n) is 7.97. The van der Waals surface area contributed by atoms with E-state index in [2.05, 4.69) is 9.97 Å². The molecule has 27 heavy (non-hydrogen) atoms. The Morgan fingerprint density at radius 1 is 1.33 bits per heavy atom. The van der Waals surface area contributed by atoms with Crippen LogP contribution in [0.25, 0.3) is 16.2 Å². The van der Waals surface area contributed by atoms with Gasteiger partial charge >= 0.3 is 5.97 Å². The molecule has 0 spiro atoms. The van der Waals surface area contributed by atoms with Crippen molar-refractivity contribution in [1.29, 1.82) is 0 Å². The van der Waals surface area contributed by atoms with Crippen molar-refractivity contribution in [2.45, 2.75) is 12.5 Å². The summed E-state index contributed by atoms with van der Waals surface area (Å²) < 4.78 is 28.0. The smallest absolute Gasteiger partial charge is 0.341 e. The van der Waals surface area contributed by atoms with E-state index in [1.165, 1.54) is 6.07 Å². The van der Waals surface area contributed by atoms with Crippen molar-refractivity contribution >= 4 is 34.2 Å². The van der Waals surface area contributed by atoms with Gasteiger partial charge in [-0.15, -0.1) is 0 Å². The molecular weight excluding hydrogens is 380 g/mol. The standard InChI is InChI=1S/C16H13F2N5O3S/c17-12-13(18)27-16(21-12)23-6-9(15(25)26)11(24)8-1-2-10(20-14(8)23)22-4-3-7(19)5-22/h1-2,6-7H,3-5,19H2,(H,25,26). The first-order chi connectivity index (χ1) is 12.8. The molecule has 140 valence electrons. The number of carboxylic acid groups (broad SMARTS) is 1. The van der Waals surface area contributed by atoms with Gasteiger partial charge in [0.2, 0.25) is 15.7 Å². The number of anilines is 1. The molecule has 0 bridgehead atoms. The molecular formula is C16H13F2N5O3S. The van der Waals surface area contributed by atoms with Crippen molar-refractivity contribution in [3.8, 4) is 5.13 Å². The Morgan fingerprint density at radius 2 is 2.11 bits per heavy atom. The number of halogens is 2. The first kappa shape index (κ1) is 17.5. The predicted octanol–water partition coefficient (Wildman–Crippen LogP) is 1.36. The Bertz CT molecular complexity index is 1110.